The van der Waals surface area contributed by atoms with Crippen LogP contribution in [0.15, 0.2) is 0 Å². The molecule has 58 valence electrons. The summed E-state index contributed by atoms with van der Waals surface area (Å²) in [5.41, 5.74) is -0.198. The van der Waals surface area contributed by atoms with Gasteiger partial charge in [0.25, 0.3) is 0 Å². The van der Waals surface area contributed by atoms with Crippen LogP contribution in [0.1, 0.15) is 39.0 Å². The third-order valence-electron chi connectivity index (χ3n) is 3.03. The van der Waals surface area contributed by atoms with Gasteiger partial charge in [0, 0.05) is 0 Å². The summed E-state index contributed by atoms with van der Waals surface area (Å²) < 4.78 is 0. The lowest BCUT2D eigenvalue weighted by molar-refractivity contribution is 0.114. The molecule has 0 bridgehead atoms. The SMILES string of the molecule is CCC1CC1(O)CC1CC1. The van der Waals surface area contributed by atoms with Gasteiger partial charge in [-0.2, -0.15) is 0 Å². The van der Waals surface area contributed by atoms with E-state index in [1.54, 1.807) is 0 Å². The molecule has 2 unspecified atom stereocenters. The molecule has 2 fully saturated rings. The maximum Gasteiger partial charge on any atom is 0.0683 e. The maximum absolute atomic E-state index is 9.80. The summed E-state index contributed by atoms with van der Waals surface area (Å²) in [4.78, 5) is 0. The van der Waals surface area contributed by atoms with Gasteiger partial charge in [0.05, 0.1) is 5.60 Å². The molecule has 10 heavy (non-hydrogen) atoms. The summed E-state index contributed by atoms with van der Waals surface area (Å²) >= 11 is 0. The molecule has 2 saturated carbocycles. The fourth-order valence-corrected chi connectivity index (χ4v) is 1.96. The average molecular weight is 140 g/mol. The Balaban J connectivity index is 1.81. The molecule has 2 aliphatic rings. The molecule has 1 heteroatoms. The highest BCUT2D eigenvalue weighted by Crippen LogP contribution is 2.53. The van der Waals surface area contributed by atoms with Gasteiger partial charge in [-0.25, -0.2) is 0 Å². The Bertz CT molecular complexity index is 140. The molecule has 0 amide bonds. The summed E-state index contributed by atoms with van der Waals surface area (Å²) in [5, 5.41) is 9.80. The smallest absolute Gasteiger partial charge is 0.0683 e. The van der Waals surface area contributed by atoms with Crippen LogP contribution in [0.5, 0.6) is 0 Å². The van der Waals surface area contributed by atoms with Crippen LogP contribution in [0, 0.1) is 11.8 Å². The van der Waals surface area contributed by atoms with Gasteiger partial charge in [-0.15, -0.1) is 0 Å². The van der Waals surface area contributed by atoms with Crippen LogP contribution in [0.4, 0.5) is 0 Å². The molecule has 0 spiro atoms. The first-order chi connectivity index (χ1) is 4.74. The molecule has 2 atom stereocenters. The topological polar surface area (TPSA) is 20.2 Å². The molecule has 2 rings (SSSR count). The second-order valence-electron chi connectivity index (χ2n) is 4.06. The van der Waals surface area contributed by atoms with E-state index >= 15 is 0 Å². The summed E-state index contributed by atoms with van der Waals surface area (Å²) in [5.74, 6) is 1.54. The van der Waals surface area contributed by atoms with Crippen LogP contribution in [-0.4, -0.2) is 10.7 Å². The van der Waals surface area contributed by atoms with Gasteiger partial charge in [0.1, 0.15) is 0 Å². The molecule has 0 saturated heterocycles. The molecule has 0 aromatic heterocycles. The molecule has 0 aromatic rings. The van der Waals surface area contributed by atoms with E-state index in [-0.39, 0.29) is 5.60 Å². The van der Waals surface area contributed by atoms with Crippen LogP contribution in [0.3, 0.4) is 0 Å². The second kappa shape index (κ2) is 1.97. The van der Waals surface area contributed by atoms with Crippen LogP contribution in [0.2, 0.25) is 0 Å². The lowest BCUT2D eigenvalue weighted by Gasteiger charge is -2.07. The first kappa shape index (κ1) is 6.66. The second-order valence-corrected chi connectivity index (χ2v) is 4.06. The van der Waals surface area contributed by atoms with Gasteiger partial charge in [0.15, 0.2) is 0 Å². The Morgan fingerprint density at radius 3 is 2.60 bits per heavy atom. The zero-order valence-corrected chi connectivity index (χ0v) is 6.64. The fourth-order valence-electron chi connectivity index (χ4n) is 1.96. The van der Waals surface area contributed by atoms with E-state index in [0.29, 0.717) is 5.92 Å². The van der Waals surface area contributed by atoms with Crippen molar-refractivity contribution in [2.24, 2.45) is 11.8 Å². The van der Waals surface area contributed by atoms with Gasteiger partial charge in [-0.1, -0.05) is 26.2 Å². The molecular formula is C9H16O. The van der Waals surface area contributed by atoms with E-state index in [1.165, 1.54) is 19.3 Å². The van der Waals surface area contributed by atoms with E-state index in [4.69, 9.17) is 0 Å². The van der Waals surface area contributed by atoms with E-state index in [2.05, 4.69) is 6.92 Å². The minimum Gasteiger partial charge on any atom is -0.390 e. The third kappa shape index (κ3) is 1.07. The van der Waals surface area contributed by atoms with Crippen LogP contribution < -0.4 is 0 Å². The van der Waals surface area contributed by atoms with Crippen molar-refractivity contribution < 1.29 is 5.11 Å². The summed E-state index contributed by atoms with van der Waals surface area (Å²) in [6.45, 7) is 2.18. The zero-order valence-electron chi connectivity index (χ0n) is 6.64. The molecule has 1 N–H and O–H groups in total. The molecule has 0 radical (unpaired) electrons. The first-order valence-electron chi connectivity index (χ1n) is 4.47. The van der Waals surface area contributed by atoms with Crippen molar-refractivity contribution in [1.82, 2.24) is 0 Å². The summed E-state index contributed by atoms with van der Waals surface area (Å²) in [6.07, 6.45) is 6.10. The largest absolute Gasteiger partial charge is 0.390 e. The number of rotatable bonds is 3. The van der Waals surface area contributed by atoms with E-state index < -0.39 is 0 Å². The fraction of sp³-hybridized carbons (Fsp3) is 1.00. The maximum atomic E-state index is 9.80. The van der Waals surface area contributed by atoms with Crippen molar-refractivity contribution in [2.75, 3.05) is 0 Å². The molecule has 0 aromatic carbocycles. The summed E-state index contributed by atoms with van der Waals surface area (Å²) in [7, 11) is 0. The predicted molar refractivity (Wildman–Crippen MR) is 40.7 cm³/mol. The van der Waals surface area contributed by atoms with Crippen molar-refractivity contribution in [3.63, 3.8) is 0 Å². The van der Waals surface area contributed by atoms with Crippen molar-refractivity contribution >= 4 is 0 Å². The highest BCUT2D eigenvalue weighted by atomic mass is 16.3. The van der Waals surface area contributed by atoms with E-state index in [9.17, 15) is 5.11 Å². The lowest BCUT2D eigenvalue weighted by Crippen LogP contribution is -2.11. The van der Waals surface area contributed by atoms with E-state index in [0.717, 1.165) is 18.8 Å². The molecule has 2 aliphatic carbocycles. The minimum absolute atomic E-state index is 0.198. The van der Waals surface area contributed by atoms with Crippen molar-refractivity contribution in [3.8, 4) is 0 Å². The highest BCUT2D eigenvalue weighted by Gasteiger charge is 2.53. The molecular weight excluding hydrogens is 124 g/mol. The van der Waals surface area contributed by atoms with Gasteiger partial charge in [-0.3, -0.25) is 0 Å². The zero-order chi connectivity index (χ0) is 7.19. The summed E-state index contributed by atoms with van der Waals surface area (Å²) in [6, 6.07) is 0. The lowest BCUT2D eigenvalue weighted by atomic mass is 10.1. The minimum atomic E-state index is -0.198. The van der Waals surface area contributed by atoms with Crippen molar-refractivity contribution in [3.05, 3.63) is 0 Å². The Hall–Kier alpha value is -0.0400. The van der Waals surface area contributed by atoms with Gasteiger partial charge < -0.3 is 5.11 Å². The normalized spacial score (nSPS) is 45.6. The third-order valence-corrected chi connectivity index (χ3v) is 3.03. The molecule has 0 heterocycles. The Morgan fingerprint density at radius 2 is 2.20 bits per heavy atom. The molecule has 1 nitrogen and oxygen atoms in total. The molecule has 0 aliphatic heterocycles. The number of hydrogen-bond acceptors (Lipinski definition) is 1. The Morgan fingerprint density at radius 1 is 1.50 bits per heavy atom. The van der Waals surface area contributed by atoms with Crippen molar-refractivity contribution in [2.45, 2.75) is 44.6 Å². The van der Waals surface area contributed by atoms with Crippen LogP contribution in [0.25, 0.3) is 0 Å². The average Bonchev–Trinajstić information content (AvgIpc) is 2.73. The van der Waals surface area contributed by atoms with Gasteiger partial charge in [-0.05, 0) is 24.7 Å². The van der Waals surface area contributed by atoms with Gasteiger partial charge >= 0.3 is 0 Å². The van der Waals surface area contributed by atoms with Crippen molar-refractivity contribution in [1.29, 1.82) is 0 Å². The number of aliphatic hydroxyl groups is 1. The van der Waals surface area contributed by atoms with Crippen LogP contribution in [-0.2, 0) is 0 Å². The highest BCUT2D eigenvalue weighted by molar-refractivity contribution is 5.04. The van der Waals surface area contributed by atoms with Crippen LogP contribution >= 0.6 is 0 Å². The monoisotopic (exact) mass is 140 g/mol. The van der Waals surface area contributed by atoms with E-state index in [1.807, 2.05) is 0 Å². The predicted octanol–water partition coefficient (Wildman–Crippen LogP) is 1.95. The van der Waals surface area contributed by atoms with Gasteiger partial charge in [0.2, 0.25) is 0 Å². The quantitative estimate of drug-likeness (QED) is 0.635. The Labute approximate surface area is 62.4 Å². The Kier molecular flexibility index (Phi) is 1.31. The number of hydrogen-bond donors (Lipinski definition) is 1. The standard InChI is InChI=1S/C9H16O/c1-2-8-6-9(8,10)5-7-3-4-7/h7-8,10H,2-6H2,1H3. The first-order valence-corrected chi connectivity index (χ1v) is 4.47.